The van der Waals surface area contributed by atoms with Crippen molar-refractivity contribution in [3.05, 3.63) is 102 Å². The smallest absolute Gasteiger partial charge is 0.156 e. The van der Waals surface area contributed by atoms with E-state index >= 15 is 0 Å². The van der Waals surface area contributed by atoms with E-state index in [2.05, 4.69) is 4.99 Å². The molecular weight excluding hydrogens is 342 g/mol. The predicted octanol–water partition coefficient (Wildman–Crippen LogP) is 5.94. The molecule has 0 saturated heterocycles. The zero-order valence-electron chi connectivity index (χ0n) is 14.0. The first-order chi connectivity index (χ1) is 12.8. The molecule has 0 unspecified atom stereocenters. The lowest BCUT2D eigenvalue weighted by Crippen LogP contribution is -1.96. The summed E-state index contributed by atoms with van der Waals surface area (Å²) in [5, 5.41) is 5.47. The van der Waals surface area contributed by atoms with Crippen LogP contribution in [0.3, 0.4) is 0 Å². The van der Waals surface area contributed by atoms with E-state index in [0.717, 1.165) is 28.3 Å². The van der Waals surface area contributed by atoms with Crippen LogP contribution in [0.5, 0.6) is 0 Å². The van der Waals surface area contributed by atoms with Crippen molar-refractivity contribution in [3.63, 3.8) is 0 Å². The Labute approximate surface area is 157 Å². The first-order valence-corrected chi connectivity index (χ1v) is 8.68. The highest BCUT2D eigenvalue weighted by molar-refractivity contribution is 6.30. The molecule has 4 rings (SSSR count). The van der Waals surface area contributed by atoms with E-state index in [-0.39, 0.29) is 0 Å². The van der Waals surface area contributed by atoms with Gasteiger partial charge < -0.3 is 0 Å². The molecule has 3 nitrogen and oxygen atoms in total. The molecular formula is C22H16ClN3. The number of aliphatic imine (C=N–C) groups is 1. The van der Waals surface area contributed by atoms with Crippen molar-refractivity contribution in [1.29, 1.82) is 0 Å². The number of hydrogen-bond acceptors (Lipinski definition) is 2. The number of nitrogens with zero attached hydrogens (tertiary/aromatic N) is 3. The highest BCUT2D eigenvalue weighted by Gasteiger charge is 2.10. The van der Waals surface area contributed by atoms with Crippen molar-refractivity contribution >= 4 is 23.6 Å². The Bertz CT molecular complexity index is 1020. The Morgan fingerprint density at radius 2 is 1.46 bits per heavy atom. The van der Waals surface area contributed by atoms with Crippen LogP contribution in [0.25, 0.3) is 16.9 Å². The second kappa shape index (κ2) is 7.38. The van der Waals surface area contributed by atoms with Gasteiger partial charge in [0.05, 0.1) is 11.4 Å². The summed E-state index contributed by atoms with van der Waals surface area (Å²) in [4.78, 5) is 4.66. The van der Waals surface area contributed by atoms with Gasteiger partial charge in [-0.2, -0.15) is 5.10 Å². The highest BCUT2D eigenvalue weighted by atomic mass is 35.5. The summed E-state index contributed by atoms with van der Waals surface area (Å²) in [6.45, 7) is 0. The molecule has 3 aromatic carbocycles. The number of para-hydroxylation sites is 1. The molecule has 0 saturated carbocycles. The third kappa shape index (κ3) is 3.58. The van der Waals surface area contributed by atoms with E-state index in [1.165, 1.54) is 0 Å². The van der Waals surface area contributed by atoms with Crippen LogP contribution in [-0.4, -0.2) is 16.0 Å². The van der Waals surface area contributed by atoms with Crippen molar-refractivity contribution in [2.24, 2.45) is 4.99 Å². The molecule has 0 fully saturated rings. The van der Waals surface area contributed by atoms with Crippen LogP contribution in [0.15, 0.2) is 96.0 Å². The molecule has 0 bridgehead atoms. The van der Waals surface area contributed by atoms with E-state index in [4.69, 9.17) is 16.7 Å². The van der Waals surface area contributed by atoms with Crippen molar-refractivity contribution in [3.8, 4) is 16.9 Å². The third-order valence-electron chi connectivity index (χ3n) is 3.98. The number of halogens is 1. The number of rotatable bonds is 4. The van der Waals surface area contributed by atoms with Gasteiger partial charge in [0, 0.05) is 22.9 Å². The number of hydrogen-bond donors (Lipinski definition) is 0. The third-order valence-corrected chi connectivity index (χ3v) is 4.23. The molecule has 0 atom stereocenters. The van der Waals surface area contributed by atoms with E-state index in [9.17, 15) is 0 Å². The van der Waals surface area contributed by atoms with Gasteiger partial charge in [-0.1, -0.05) is 72.3 Å². The molecule has 1 aromatic heterocycles. The summed E-state index contributed by atoms with van der Waals surface area (Å²) < 4.78 is 1.86. The van der Waals surface area contributed by atoms with Crippen LogP contribution in [0.4, 0.5) is 5.82 Å². The molecule has 26 heavy (non-hydrogen) atoms. The molecule has 0 spiro atoms. The van der Waals surface area contributed by atoms with Gasteiger partial charge in [-0.15, -0.1) is 0 Å². The predicted molar refractivity (Wildman–Crippen MR) is 108 cm³/mol. The fourth-order valence-corrected chi connectivity index (χ4v) is 2.79. The summed E-state index contributed by atoms with van der Waals surface area (Å²) >= 11 is 5.95. The summed E-state index contributed by atoms with van der Waals surface area (Å²) in [5.41, 5.74) is 3.90. The summed E-state index contributed by atoms with van der Waals surface area (Å²) in [6, 6.07) is 29.7. The molecule has 0 aliphatic heterocycles. The first kappa shape index (κ1) is 16.3. The van der Waals surface area contributed by atoms with E-state index in [0.29, 0.717) is 5.02 Å². The molecule has 0 radical (unpaired) electrons. The van der Waals surface area contributed by atoms with Gasteiger partial charge in [-0.3, -0.25) is 0 Å². The standard InChI is InChI=1S/C22H16ClN3/c23-19-13-11-17(12-14-19)16-24-22-15-21(18-7-3-1-4-8-18)25-26(22)20-9-5-2-6-10-20/h1-16H. The zero-order valence-corrected chi connectivity index (χ0v) is 14.7. The van der Waals surface area contributed by atoms with E-state index < -0.39 is 0 Å². The van der Waals surface area contributed by atoms with Crippen molar-refractivity contribution in [2.45, 2.75) is 0 Å². The van der Waals surface area contributed by atoms with E-state index in [1.807, 2.05) is 102 Å². The molecule has 4 aromatic rings. The molecule has 0 aliphatic rings. The minimum atomic E-state index is 0.711. The van der Waals surface area contributed by atoms with Crippen LogP contribution in [0, 0.1) is 0 Å². The lowest BCUT2D eigenvalue weighted by atomic mass is 10.2. The molecule has 1 heterocycles. The van der Waals surface area contributed by atoms with Crippen LogP contribution < -0.4 is 0 Å². The van der Waals surface area contributed by atoms with Crippen LogP contribution in [0.2, 0.25) is 5.02 Å². The quantitative estimate of drug-likeness (QED) is 0.415. The Balaban J connectivity index is 1.76. The Hall–Kier alpha value is -3.17. The average molecular weight is 358 g/mol. The topological polar surface area (TPSA) is 30.2 Å². The van der Waals surface area contributed by atoms with Crippen molar-refractivity contribution < 1.29 is 0 Å². The molecule has 0 amide bonds. The number of aromatic nitrogens is 2. The van der Waals surface area contributed by atoms with Gasteiger partial charge in [-0.25, -0.2) is 9.67 Å². The monoisotopic (exact) mass is 357 g/mol. The van der Waals surface area contributed by atoms with Gasteiger partial charge in [0.1, 0.15) is 0 Å². The van der Waals surface area contributed by atoms with Gasteiger partial charge >= 0.3 is 0 Å². The van der Waals surface area contributed by atoms with Crippen LogP contribution >= 0.6 is 11.6 Å². The minimum Gasteiger partial charge on any atom is -0.236 e. The number of benzene rings is 3. The fourth-order valence-electron chi connectivity index (χ4n) is 2.66. The molecule has 4 heteroatoms. The maximum atomic E-state index is 5.95. The second-order valence-corrected chi connectivity index (χ2v) is 6.25. The summed E-state index contributed by atoms with van der Waals surface area (Å²) in [7, 11) is 0. The lowest BCUT2D eigenvalue weighted by Gasteiger charge is -2.03. The molecule has 126 valence electrons. The molecule has 0 aliphatic carbocycles. The lowest BCUT2D eigenvalue weighted by molar-refractivity contribution is 0.885. The highest BCUT2D eigenvalue weighted by Crippen LogP contribution is 2.26. The van der Waals surface area contributed by atoms with Gasteiger partial charge in [0.2, 0.25) is 0 Å². The SMILES string of the molecule is Clc1ccc(C=Nc2cc(-c3ccccc3)nn2-c2ccccc2)cc1. The second-order valence-electron chi connectivity index (χ2n) is 5.81. The van der Waals surface area contributed by atoms with Gasteiger partial charge in [0.15, 0.2) is 5.82 Å². The van der Waals surface area contributed by atoms with Crippen LogP contribution in [-0.2, 0) is 0 Å². The van der Waals surface area contributed by atoms with Gasteiger partial charge in [-0.05, 0) is 29.8 Å². The Kier molecular flexibility index (Phi) is 4.63. The average Bonchev–Trinajstić information content (AvgIpc) is 3.13. The van der Waals surface area contributed by atoms with Crippen molar-refractivity contribution in [1.82, 2.24) is 9.78 Å². The minimum absolute atomic E-state index is 0.711. The zero-order chi connectivity index (χ0) is 17.8. The maximum Gasteiger partial charge on any atom is 0.156 e. The van der Waals surface area contributed by atoms with Gasteiger partial charge in [0.25, 0.3) is 0 Å². The Morgan fingerprint density at radius 1 is 0.808 bits per heavy atom. The van der Waals surface area contributed by atoms with E-state index in [1.54, 1.807) is 0 Å². The largest absolute Gasteiger partial charge is 0.236 e. The summed E-state index contributed by atoms with van der Waals surface area (Å²) in [5.74, 6) is 0.769. The normalized spacial score (nSPS) is 11.1. The first-order valence-electron chi connectivity index (χ1n) is 8.30. The fraction of sp³-hybridized carbons (Fsp3) is 0. The Morgan fingerprint density at radius 3 is 2.15 bits per heavy atom. The maximum absolute atomic E-state index is 5.95. The van der Waals surface area contributed by atoms with Crippen LogP contribution in [0.1, 0.15) is 5.56 Å². The van der Waals surface area contributed by atoms with Crippen molar-refractivity contribution in [2.75, 3.05) is 0 Å². The molecule has 0 N–H and O–H groups in total. The summed E-state index contributed by atoms with van der Waals surface area (Å²) in [6.07, 6.45) is 1.82.